The van der Waals surface area contributed by atoms with Crippen LogP contribution < -0.4 is 5.32 Å². The Kier molecular flexibility index (Phi) is 59.1. The Bertz CT molecular complexity index is 1570. The van der Waals surface area contributed by atoms with Gasteiger partial charge in [-0.25, -0.2) is 4.57 Å². The molecule has 0 bridgehead atoms. The average molecular weight is 1160 g/mol. The summed E-state index contributed by atoms with van der Waals surface area (Å²) in [5, 5.41) is 3.05. The van der Waals surface area contributed by atoms with Crippen molar-refractivity contribution in [3.05, 3.63) is 60.8 Å². The number of carbonyl (C=O) groups excluding carboxylic acids is 2. The third kappa shape index (κ3) is 62.1. The van der Waals surface area contributed by atoms with Gasteiger partial charge in [0, 0.05) is 12.8 Å². The van der Waals surface area contributed by atoms with E-state index in [0.717, 1.165) is 70.6 Å². The monoisotopic (exact) mass is 1160 g/mol. The maximum absolute atomic E-state index is 13.6. The highest BCUT2D eigenvalue weighted by atomic mass is 31.2. The molecule has 0 fully saturated rings. The number of hydrogen-bond donors (Lipinski definition) is 2. The first kappa shape index (κ1) is 78.7. The van der Waals surface area contributed by atoms with Crippen LogP contribution in [0, 0.1) is 0 Å². The van der Waals surface area contributed by atoms with Gasteiger partial charge in [-0.1, -0.05) is 287 Å². The van der Waals surface area contributed by atoms with Gasteiger partial charge in [0.25, 0.3) is 0 Å². The van der Waals surface area contributed by atoms with E-state index in [9.17, 15) is 19.0 Å². The van der Waals surface area contributed by atoms with Crippen molar-refractivity contribution in [2.24, 2.45) is 0 Å². The Morgan fingerprint density at radius 3 is 1.22 bits per heavy atom. The van der Waals surface area contributed by atoms with Crippen LogP contribution in [0.2, 0.25) is 0 Å². The van der Waals surface area contributed by atoms with E-state index in [2.05, 4.69) is 74.7 Å². The zero-order valence-corrected chi connectivity index (χ0v) is 55.2. The Balaban J connectivity index is 5.04. The summed E-state index contributed by atoms with van der Waals surface area (Å²) in [5.74, 6) is -0.525. The zero-order valence-electron chi connectivity index (χ0n) is 54.3. The van der Waals surface area contributed by atoms with Gasteiger partial charge in [-0.2, -0.15) is 0 Å². The molecule has 0 aromatic rings. The van der Waals surface area contributed by atoms with Gasteiger partial charge >= 0.3 is 13.8 Å². The summed E-state index contributed by atoms with van der Waals surface area (Å²) in [6.45, 7) is 6.99. The zero-order chi connectivity index (χ0) is 59.3. The van der Waals surface area contributed by atoms with E-state index in [1.165, 1.54) is 218 Å². The van der Waals surface area contributed by atoms with E-state index in [1.54, 1.807) is 0 Å². The third-order valence-electron chi connectivity index (χ3n) is 15.5. The van der Waals surface area contributed by atoms with Gasteiger partial charge in [-0.3, -0.25) is 18.6 Å². The second-order valence-electron chi connectivity index (χ2n) is 24.7. The SMILES string of the molecule is CCCCC/C=C\C/C=C\CCCCCCCCCCCCCCCCCCCC(=O)OC(/C=C\CCCCCCCCCCCC)C(COP(=O)(O)OCC[N+](C)(C)C)NC(=O)CCCCC/C=C/C=C/CCCCCCCCC. The van der Waals surface area contributed by atoms with Gasteiger partial charge in [0.05, 0.1) is 33.8 Å². The Hall–Kier alpha value is -2.29. The lowest BCUT2D eigenvalue weighted by molar-refractivity contribution is -0.870. The molecule has 81 heavy (non-hydrogen) atoms. The number of hydrogen-bond acceptors (Lipinski definition) is 6. The summed E-state index contributed by atoms with van der Waals surface area (Å²) in [4.78, 5) is 37.8. The molecule has 2 N–H and O–H groups in total. The maximum Gasteiger partial charge on any atom is 0.472 e. The van der Waals surface area contributed by atoms with Gasteiger partial charge in [0.1, 0.15) is 19.3 Å². The van der Waals surface area contributed by atoms with Crippen LogP contribution in [-0.2, 0) is 27.9 Å². The highest BCUT2D eigenvalue weighted by Crippen LogP contribution is 2.43. The first-order valence-electron chi connectivity index (χ1n) is 34.6. The van der Waals surface area contributed by atoms with Crippen LogP contribution in [0.25, 0.3) is 0 Å². The standard InChI is InChI=1S/C71H133N2O7P/c1-7-10-13-16-19-22-25-28-30-32-33-34-35-36-37-38-39-40-41-42-44-46-49-52-55-58-61-64-71(75)80-69(62-59-56-53-50-47-27-24-21-18-15-12-9-3)68(67-79-81(76,77)78-66-65-73(4,5)6)72-70(74)63-60-57-54-51-48-45-43-31-29-26-23-20-17-14-11-8-2/h19,22,28,30-31,43,45,48,59,62,68-69H,7-18,20-21,23-27,29,32-42,44,46-47,49-58,60-61,63-67H2,1-6H3,(H-,72,74,76,77)/p+1/b22-19-,30-28-,43-31+,48-45+,62-59-. The molecule has 0 aromatic heterocycles. The second kappa shape index (κ2) is 60.8. The van der Waals surface area contributed by atoms with Crippen molar-refractivity contribution in [1.82, 2.24) is 5.32 Å². The summed E-state index contributed by atoms with van der Waals surface area (Å²) < 4.78 is 30.8. The molecule has 3 atom stereocenters. The minimum Gasteiger partial charge on any atom is -0.456 e. The first-order chi connectivity index (χ1) is 39.4. The topological polar surface area (TPSA) is 111 Å². The highest BCUT2D eigenvalue weighted by Gasteiger charge is 2.30. The summed E-state index contributed by atoms with van der Waals surface area (Å²) in [7, 11) is 1.49. The molecule has 3 unspecified atom stereocenters. The van der Waals surface area contributed by atoms with Crippen LogP contribution >= 0.6 is 7.82 Å². The lowest BCUT2D eigenvalue weighted by Crippen LogP contribution is -2.47. The van der Waals surface area contributed by atoms with Gasteiger partial charge < -0.3 is 19.4 Å². The molecule has 0 rings (SSSR count). The molecule has 0 aromatic carbocycles. The highest BCUT2D eigenvalue weighted by molar-refractivity contribution is 7.47. The molecule has 0 heterocycles. The van der Waals surface area contributed by atoms with Crippen LogP contribution in [0.3, 0.4) is 0 Å². The van der Waals surface area contributed by atoms with Crippen LogP contribution in [0.5, 0.6) is 0 Å². The Labute approximate surface area is 502 Å². The van der Waals surface area contributed by atoms with Gasteiger partial charge in [-0.15, -0.1) is 0 Å². The van der Waals surface area contributed by atoms with Crippen LogP contribution in [-0.4, -0.2) is 74.3 Å². The fourth-order valence-electron chi connectivity index (χ4n) is 10.1. The molecular formula is C71H134N2O7P+. The van der Waals surface area contributed by atoms with Crippen molar-refractivity contribution in [2.75, 3.05) is 40.9 Å². The molecule has 0 saturated carbocycles. The first-order valence-corrected chi connectivity index (χ1v) is 36.1. The molecule has 0 aliphatic heterocycles. The average Bonchev–Trinajstić information content (AvgIpc) is 3.44. The van der Waals surface area contributed by atoms with Crippen LogP contribution in [0.1, 0.15) is 329 Å². The van der Waals surface area contributed by atoms with E-state index >= 15 is 0 Å². The minimum absolute atomic E-state index is 0.0355. The van der Waals surface area contributed by atoms with E-state index in [-0.39, 0.29) is 31.5 Å². The van der Waals surface area contributed by atoms with Gasteiger partial charge in [0.15, 0.2) is 0 Å². The number of quaternary nitrogens is 1. The quantitative estimate of drug-likeness (QED) is 0.0156. The molecule has 0 aliphatic rings. The lowest BCUT2D eigenvalue weighted by atomic mass is 10.0. The van der Waals surface area contributed by atoms with Crippen LogP contribution in [0.15, 0.2) is 60.8 Å². The molecule has 1 amide bonds. The molecule has 10 heteroatoms. The number of ether oxygens (including phenoxy) is 1. The summed E-state index contributed by atoms with van der Waals surface area (Å²) in [6, 6.07) is -0.862. The molecule has 474 valence electrons. The van der Waals surface area contributed by atoms with E-state index in [0.29, 0.717) is 23.9 Å². The number of phosphoric acid groups is 1. The van der Waals surface area contributed by atoms with E-state index in [1.807, 2.05) is 33.3 Å². The maximum atomic E-state index is 13.6. The molecular weight excluding hydrogens is 1020 g/mol. The fraction of sp³-hybridized carbons (Fsp3) is 0.831. The van der Waals surface area contributed by atoms with E-state index in [4.69, 9.17) is 13.8 Å². The van der Waals surface area contributed by atoms with E-state index < -0.39 is 20.0 Å². The molecule has 0 radical (unpaired) electrons. The number of nitrogens with one attached hydrogen (secondary N) is 1. The predicted molar refractivity (Wildman–Crippen MR) is 351 cm³/mol. The predicted octanol–water partition coefficient (Wildman–Crippen LogP) is 21.8. The molecule has 0 spiro atoms. The smallest absolute Gasteiger partial charge is 0.456 e. The number of carbonyl (C=O) groups is 2. The number of likely N-dealkylation sites (N-methyl/N-ethyl adjacent to an activating group) is 1. The number of rotatable bonds is 63. The van der Waals surface area contributed by atoms with Crippen molar-refractivity contribution in [1.29, 1.82) is 0 Å². The number of allylic oxidation sites excluding steroid dienone is 9. The number of phosphoric ester groups is 1. The Morgan fingerprint density at radius 1 is 0.444 bits per heavy atom. The number of nitrogens with zero attached hydrogens (tertiary/aromatic N) is 1. The van der Waals surface area contributed by atoms with Crippen molar-refractivity contribution >= 4 is 19.7 Å². The number of unbranched alkanes of at least 4 members (excludes halogenated alkanes) is 40. The molecule has 9 nitrogen and oxygen atoms in total. The number of esters is 1. The van der Waals surface area contributed by atoms with Crippen molar-refractivity contribution < 1.29 is 37.3 Å². The van der Waals surface area contributed by atoms with Crippen molar-refractivity contribution in [2.45, 2.75) is 341 Å². The fourth-order valence-corrected chi connectivity index (χ4v) is 10.8. The van der Waals surface area contributed by atoms with Crippen molar-refractivity contribution in [3.8, 4) is 0 Å². The van der Waals surface area contributed by atoms with Gasteiger partial charge in [0.2, 0.25) is 5.91 Å². The summed E-state index contributed by atoms with van der Waals surface area (Å²) >= 11 is 0. The number of amides is 1. The third-order valence-corrected chi connectivity index (χ3v) is 16.4. The lowest BCUT2D eigenvalue weighted by Gasteiger charge is -2.27. The molecule has 0 saturated heterocycles. The van der Waals surface area contributed by atoms with Crippen LogP contribution in [0.4, 0.5) is 0 Å². The normalized spacial score (nSPS) is 13.9. The summed E-state index contributed by atoms with van der Waals surface area (Å²) in [5.41, 5.74) is 0. The summed E-state index contributed by atoms with van der Waals surface area (Å²) in [6.07, 6.45) is 78.1. The largest absolute Gasteiger partial charge is 0.472 e. The Morgan fingerprint density at radius 2 is 0.790 bits per heavy atom. The molecule has 0 aliphatic carbocycles. The van der Waals surface area contributed by atoms with Gasteiger partial charge in [-0.05, 0) is 89.5 Å². The minimum atomic E-state index is -4.46. The second-order valence-corrected chi connectivity index (χ2v) is 26.2. The van der Waals surface area contributed by atoms with Crippen molar-refractivity contribution in [3.63, 3.8) is 0 Å².